The van der Waals surface area contributed by atoms with Gasteiger partial charge in [-0.2, -0.15) is 0 Å². The predicted octanol–water partition coefficient (Wildman–Crippen LogP) is 1.69. The maximum absolute atomic E-state index is 11.9. The Morgan fingerprint density at radius 2 is 2.22 bits per heavy atom. The van der Waals surface area contributed by atoms with Crippen molar-refractivity contribution in [2.45, 2.75) is 39.3 Å². The first-order chi connectivity index (χ1) is 8.43. The molecule has 98 valence electrons. The van der Waals surface area contributed by atoms with Gasteiger partial charge in [0.1, 0.15) is 10.7 Å². The normalized spacial score (nSPS) is 11.9. The van der Waals surface area contributed by atoms with E-state index in [0.29, 0.717) is 16.4 Å². The summed E-state index contributed by atoms with van der Waals surface area (Å²) in [6.45, 7) is 5.83. The molecular weight excluding hydrogens is 248 g/mol. The molecule has 6 heteroatoms. The molecule has 0 aliphatic carbocycles. The third-order valence-electron chi connectivity index (χ3n) is 2.07. The molecule has 0 aromatic carbocycles. The number of aromatic nitrogens is 1. The maximum atomic E-state index is 11.9. The van der Waals surface area contributed by atoms with Gasteiger partial charge in [0, 0.05) is 18.5 Å². The summed E-state index contributed by atoms with van der Waals surface area (Å²) >= 11 is 1.25. The van der Waals surface area contributed by atoms with E-state index < -0.39 is 0 Å². The standard InChI is InChI=1S/C12H18N4OS/c1-5-6-8(4)15-11(17)9-10(13)16-12(18-9)14-7(2)3/h1,7-8H,6,13H2,2-4H3,(H,14,16)(H,15,17). The van der Waals surface area contributed by atoms with Crippen LogP contribution in [0.25, 0.3) is 0 Å². The van der Waals surface area contributed by atoms with Crippen molar-refractivity contribution in [1.82, 2.24) is 10.3 Å². The van der Waals surface area contributed by atoms with Crippen LogP contribution in [0.1, 0.15) is 36.9 Å². The van der Waals surface area contributed by atoms with Crippen LogP contribution in [0.4, 0.5) is 10.9 Å². The Labute approximate surface area is 111 Å². The molecule has 0 bridgehead atoms. The molecular formula is C12H18N4OS. The molecule has 0 saturated carbocycles. The average molecular weight is 266 g/mol. The van der Waals surface area contributed by atoms with E-state index in [9.17, 15) is 4.79 Å². The lowest BCUT2D eigenvalue weighted by molar-refractivity contribution is 0.0945. The van der Waals surface area contributed by atoms with E-state index in [2.05, 4.69) is 21.5 Å². The van der Waals surface area contributed by atoms with Gasteiger partial charge in [-0.1, -0.05) is 11.3 Å². The van der Waals surface area contributed by atoms with Gasteiger partial charge in [0.25, 0.3) is 5.91 Å². The summed E-state index contributed by atoms with van der Waals surface area (Å²) < 4.78 is 0. The highest BCUT2D eigenvalue weighted by molar-refractivity contribution is 7.18. The van der Waals surface area contributed by atoms with E-state index in [1.54, 1.807) is 0 Å². The van der Waals surface area contributed by atoms with Crippen molar-refractivity contribution >= 4 is 28.2 Å². The predicted molar refractivity (Wildman–Crippen MR) is 75.7 cm³/mol. The average Bonchev–Trinajstić information content (AvgIpc) is 2.58. The molecule has 4 N–H and O–H groups in total. The Morgan fingerprint density at radius 3 is 2.78 bits per heavy atom. The second kappa shape index (κ2) is 6.26. The first-order valence-electron chi connectivity index (χ1n) is 5.71. The summed E-state index contributed by atoms with van der Waals surface area (Å²) in [7, 11) is 0. The maximum Gasteiger partial charge on any atom is 0.265 e. The van der Waals surface area contributed by atoms with Gasteiger partial charge in [-0.3, -0.25) is 4.79 Å². The minimum absolute atomic E-state index is 0.0782. The number of hydrogen-bond donors (Lipinski definition) is 3. The minimum Gasteiger partial charge on any atom is -0.382 e. The molecule has 0 aliphatic rings. The summed E-state index contributed by atoms with van der Waals surface area (Å²) in [5.74, 6) is 2.51. The SMILES string of the molecule is C#CCC(C)NC(=O)c1sc(NC(C)C)nc1N. The van der Waals surface area contributed by atoms with Crippen LogP contribution in [0.5, 0.6) is 0 Å². The Morgan fingerprint density at radius 1 is 1.56 bits per heavy atom. The third kappa shape index (κ3) is 3.93. The molecule has 18 heavy (non-hydrogen) atoms. The van der Waals surface area contributed by atoms with Crippen molar-refractivity contribution < 1.29 is 4.79 Å². The summed E-state index contributed by atoms with van der Waals surface area (Å²) in [5.41, 5.74) is 5.73. The molecule has 5 nitrogen and oxygen atoms in total. The molecule has 1 amide bonds. The topological polar surface area (TPSA) is 80.0 Å². The zero-order chi connectivity index (χ0) is 13.7. The highest BCUT2D eigenvalue weighted by atomic mass is 32.1. The minimum atomic E-state index is -0.232. The zero-order valence-electron chi connectivity index (χ0n) is 10.8. The quantitative estimate of drug-likeness (QED) is 0.708. The van der Waals surface area contributed by atoms with Crippen molar-refractivity contribution in [2.24, 2.45) is 0 Å². The van der Waals surface area contributed by atoms with Gasteiger partial charge >= 0.3 is 0 Å². The van der Waals surface area contributed by atoms with Crippen LogP contribution in [-0.2, 0) is 0 Å². The second-order valence-electron chi connectivity index (χ2n) is 4.32. The van der Waals surface area contributed by atoms with Crippen LogP contribution < -0.4 is 16.4 Å². The molecule has 1 unspecified atom stereocenters. The summed E-state index contributed by atoms with van der Waals surface area (Å²) in [6.07, 6.45) is 5.67. The lowest BCUT2D eigenvalue weighted by Crippen LogP contribution is -2.32. The Hall–Kier alpha value is -1.74. The number of thiazole rings is 1. The van der Waals surface area contributed by atoms with Gasteiger partial charge in [0.2, 0.25) is 0 Å². The Kier molecular flexibility index (Phi) is 4.98. The first-order valence-corrected chi connectivity index (χ1v) is 6.52. The molecule has 1 aromatic heterocycles. The number of amides is 1. The fourth-order valence-corrected chi connectivity index (χ4v) is 2.25. The van der Waals surface area contributed by atoms with Crippen LogP contribution >= 0.6 is 11.3 Å². The van der Waals surface area contributed by atoms with Crippen molar-refractivity contribution in [3.05, 3.63) is 4.88 Å². The van der Waals surface area contributed by atoms with E-state index in [0.717, 1.165) is 0 Å². The Bertz CT molecular complexity index is 461. The van der Waals surface area contributed by atoms with Crippen LogP contribution in [0.15, 0.2) is 0 Å². The van der Waals surface area contributed by atoms with Gasteiger partial charge < -0.3 is 16.4 Å². The fourth-order valence-electron chi connectivity index (χ4n) is 1.32. The van der Waals surface area contributed by atoms with E-state index in [-0.39, 0.29) is 23.8 Å². The van der Waals surface area contributed by atoms with Gasteiger partial charge in [-0.25, -0.2) is 4.98 Å². The van der Waals surface area contributed by atoms with Crippen LogP contribution in [0.3, 0.4) is 0 Å². The van der Waals surface area contributed by atoms with Crippen molar-refractivity contribution in [2.75, 3.05) is 11.1 Å². The molecule has 1 heterocycles. The van der Waals surface area contributed by atoms with Gasteiger partial charge in [-0.15, -0.1) is 12.3 Å². The number of rotatable bonds is 5. The molecule has 0 saturated heterocycles. The number of nitrogen functional groups attached to an aromatic ring is 1. The van der Waals surface area contributed by atoms with Gasteiger partial charge in [0.05, 0.1) is 0 Å². The number of terminal acetylenes is 1. The molecule has 0 fully saturated rings. The largest absolute Gasteiger partial charge is 0.382 e. The van der Waals surface area contributed by atoms with Crippen LogP contribution in [0, 0.1) is 12.3 Å². The number of nitrogens with zero attached hydrogens (tertiary/aromatic N) is 1. The lowest BCUT2D eigenvalue weighted by Gasteiger charge is -2.09. The highest BCUT2D eigenvalue weighted by Gasteiger charge is 2.17. The van der Waals surface area contributed by atoms with E-state index >= 15 is 0 Å². The fraction of sp³-hybridized carbons (Fsp3) is 0.500. The number of hydrogen-bond acceptors (Lipinski definition) is 5. The molecule has 1 rings (SSSR count). The van der Waals surface area contributed by atoms with Crippen molar-refractivity contribution in [1.29, 1.82) is 0 Å². The molecule has 0 aliphatic heterocycles. The summed E-state index contributed by atoms with van der Waals surface area (Å²) in [5, 5.41) is 6.55. The smallest absolute Gasteiger partial charge is 0.265 e. The van der Waals surface area contributed by atoms with E-state index in [1.807, 2.05) is 20.8 Å². The van der Waals surface area contributed by atoms with Crippen LogP contribution in [0.2, 0.25) is 0 Å². The Balaban J connectivity index is 2.74. The van der Waals surface area contributed by atoms with E-state index in [1.165, 1.54) is 11.3 Å². The monoisotopic (exact) mass is 266 g/mol. The lowest BCUT2D eigenvalue weighted by atomic mass is 10.2. The van der Waals surface area contributed by atoms with Crippen LogP contribution in [-0.4, -0.2) is 23.0 Å². The third-order valence-corrected chi connectivity index (χ3v) is 3.07. The van der Waals surface area contributed by atoms with Crippen molar-refractivity contribution in [3.63, 3.8) is 0 Å². The number of carbonyl (C=O) groups is 1. The molecule has 0 radical (unpaired) electrons. The zero-order valence-corrected chi connectivity index (χ0v) is 11.6. The summed E-state index contributed by atoms with van der Waals surface area (Å²) in [4.78, 5) is 16.5. The molecule has 1 atom stereocenters. The van der Waals surface area contributed by atoms with Gasteiger partial charge in [-0.05, 0) is 20.8 Å². The van der Waals surface area contributed by atoms with Crippen molar-refractivity contribution in [3.8, 4) is 12.3 Å². The number of carbonyl (C=O) groups excluding carboxylic acids is 1. The molecule has 0 spiro atoms. The highest BCUT2D eigenvalue weighted by Crippen LogP contribution is 2.25. The second-order valence-corrected chi connectivity index (χ2v) is 5.31. The number of nitrogens with two attached hydrogens (primary N) is 1. The number of nitrogens with one attached hydrogen (secondary N) is 2. The van der Waals surface area contributed by atoms with E-state index in [4.69, 9.17) is 12.2 Å². The summed E-state index contributed by atoms with van der Waals surface area (Å²) in [6, 6.07) is 0.164. The molecule has 1 aromatic rings. The number of anilines is 2. The van der Waals surface area contributed by atoms with Gasteiger partial charge in [0.15, 0.2) is 5.13 Å². The first kappa shape index (κ1) is 14.3.